The van der Waals surface area contributed by atoms with Crippen molar-refractivity contribution in [2.45, 2.75) is 59.1 Å². The summed E-state index contributed by atoms with van der Waals surface area (Å²) < 4.78 is 19.7. The Morgan fingerprint density at radius 2 is 2.05 bits per heavy atom. The van der Waals surface area contributed by atoms with Gasteiger partial charge in [-0.3, -0.25) is 0 Å². The molecule has 0 heterocycles. The van der Waals surface area contributed by atoms with E-state index in [9.17, 15) is 4.39 Å². The Bertz CT molecular complexity index is 463. The Morgan fingerprint density at radius 1 is 1.29 bits per heavy atom. The first-order valence-electron chi connectivity index (χ1n) is 8.17. The maximum absolute atomic E-state index is 13.5. The van der Waals surface area contributed by atoms with Gasteiger partial charge in [-0.25, -0.2) is 4.39 Å². The number of nitrogens with one attached hydrogen (secondary N) is 1. The molecule has 1 saturated carbocycles. The van der Waals surface area contributed by atoms with E-state index in [0.29, 0.717) is 23.6 Å². The van der Waals surface area contributed by atoms with E-state index in [1.54, 1.807) is 6.07 Å². The van der Waals surface area contributed by atoms with Gasteiger partial charge in [0.2, 0.25) is 0 Å². The molecule has 1 aliphatic rings. The van der Waals surface area contributed by atoms with Crippen molar-refractivity contribution < 1.29 is 9.13 Å². The standard InChI is InChI=1S/C18H28FNO/c1-5-8-20-16-10-12(2)9-14(4)18(16)21-17-11-15(19)7-6-13(17)3/h6-7,11-12,14,16,18,20H,5,8-10H2,1-4H3. The first kappa shape index (κ1) is 16.3. The van der Waals surface area contributed by atoms with E-state index in [2.05, 4.69) is 26.1 Å². The predicted octanol–water partition coefficient (Wildman–Crippen LogP) is 4.32. The molecule has 1 fully saturated rings. The molecule has 0 spiro atoms. The summed E-state index contributed by atoms with van der Waals surface area (Å²) in [4.78, 5) is 0. The van der Waals surface area contributed by atoms with E-state index in [0.717, 1.165) is 24.9 Å². The van der Waals surface area contributed by atoms with Gasteiger partial charge in [-0.2, -0.15) is 0 Å². The average molecular weight is 293 g/mol. The second-order valence-corrected chi connectivity index (χ2v) is 6.61. The zero-order valence-electron chi connectivity index (χ0n) is 13.7. The van der Waals surface area contributed by atoms with E-state index in [4.69, 9.17) is 4.74 Å². The van der Waals surface area contributed by atoms with Crippen molar-refractivity contribution in [3.63, 3.8) is 0 Å². The van der Waals surface area contributed by atoms with E-state index in [1.807, 2.05) is 6.92 Å². The fraction of sp³-hybridized carbons (Fsp3) is 0.667. The molecule has 0 saturated heterocycles. The first-order chi connectivity index (χ1) is 10.0. The van der Waals surface area contributed by atoms with E-state index in [1.165, 1.54) is 18.6 Å². The molecule has 21 heavy (non-hydrogen) atoms. The Balaban J connectivity index is 2.14. The molecule has 0 radical (unpaired) electrons. The van der Waals surface area contributed by atoms with Crippen molar-refractivity contribution in [1.82, 2.24) is 5.32 Å². The normalized spacial score (nSPS) is 29.4. The molecule has 4 unspecified atom stereocenters. The van der Waals surface area contributed by atoms with Gasteiger partial charge in [0.25, 0.3) is 0 Å². The number of rotatable bonds is 5. The molecular formula is C18H28FNO. The third kappa shape index (κ3) is 4.19. The third-order valence-electron chi connectivity index (χ3n) is 4.46. The maximum atomic E-state index is 13.5. The fourth-order valence-electron chi connectivity index (χ4n) is 3.40. The number of aryl methyl sites for hydroxylation is 1. The zero-order valence-corrected chi connectivity index (χ0v) is 13.7. The van der Waals surface area contributed by atoms with Gasteiger partial charge in [-0.05, 0) is 56.2 Å². The Kier molecular flexibility index (Phi) is 5.63. The highest BCUT2D eigenvalue weighted by atomic mass is 19.1. The fourth-order valence-corrected chi connectivity index (χ4v) is 3.40. The van der Waals surface area contributed by atoms with Gasteiger partial charge in [-0.1, -0.05) is 26.8 Å². The molecule has 0 amide bonds. The highest BCUT2D eigenvalue weighted by Crippen LogP contribution is 2.33. The molecule has 1 N–H and O–H groups in total. The van der Waals surface area contributed by atoms with Crippen molar-refractivity contribution >= 4 is 0 Å². The summed E-state index contributed by atoms with van der Waals surface area (Å²) in [6.45, 7) is 9.71. The summed E-state index contributed by atoms with van der Waals surface area (Å²) in [7, 11) is 0. The van der Waals surface area contributed by atoms with Crippen molar-refractivity contribution in [1.29, 1.82) is 0 Å². The summed E-state index contributed by atoms with van der Waals surface area (Å²) >= 11 is 0. The van der Waals surface area contributed by atoms with Crippen LogP contribution in [0.2, 0.25) is 0 Å². The third-order valence-corrected chi connectivity index (χ3v) is 4.46. The van der Waals surface area contributed by atoms with Crippen LogP contribution in [0.4, 0.5) is 4.39 Å². The second kappa shape index (κ2) is 7.26. The molecule has 0 aliphatic heterocycles. The number of halogens is 1. The van der Waals surface area contributed by atoms with Crippen LogP contribution in [0.25, 0.3) is 0 Å². The van der Waals surface area contributed by atoms with E-state index < -0.39 is 0 Å². The quantitative estimate of drug-likeness (QED) is 0.873. The van der Waals surface area contributed by atoms with Crippen LogP contribution in [0.1, 0.15) is 45.6 Å². The van der Waals surface area contributed by atoms with Gasteiger partial charge in [0.1, 0.15) is 17.7 Å². The minimum Gasteiger partial charge on any atom is -0.488 e. The Labute approximate surface area is 128 Å². The van der Waals surface area contributed by atoms with Gasteiger partial charge in [0.15, 0.2) is 0 Å². The highest BCUT2D eigenvalue weighted by Gasteiger charge is 2.35. The Morgan fingerprint density at radius 3 is 2.76 bits per heavy atom. The molecule has 0 bridgehead atoms. The van der Waals surface area contributed by atoms with Gasteiger partial charge in [-0.15, -0.1) is 0 Å². The van der Waals surface area contributed by atoms with Gasteiger partial charge < -0.3 is 10.1 Å². The van der Waals surface area contributed by atoms with Gasteiger partial charge in [0.05, 0.1) is 0 Å². The van der Waals surface area contributed by atoms with Crippen LogP contribution in [-0.2, 0) is 0 Å². The molecule has 1 aromatic rings. The summed E-state index contributed by atoms with van der Waals surface area (Å²) in [5, 5.41) is 3.62. The number of benzene rings is 1. The monoisotopic (exact) mass is 293 g/mol. The first-order valence-corrected chi connectivity index (χ1v) is 8.17. The largest absolute Gasteiger partial charge is 0.488 e. The minimum absolute atomic E-state index is 0.119. The molecular weight excluding hydrogens is 265 g/mol. The summed E-state index contributed by atoms with van der Waals surface area (Å²) in [6.07, 6.45) is 3.53. The van der Waals surface area contributed by atoms with Gasteiger partial charge in [0, 0.05) is 12.1 Å². The summed E-state index contributed by atoms with van der Waals surface area (Å²) in [6, 6.07) is 5.14. The Hall–Kier alpha value is -1.09. The molecule has 2 rings (SSSR count). The topological polar surface area (TPSA) is 21.3 Å². The lowest BCUT2D eigenvalue weighted by Gasteiger charge is -2.40. The van der Waals surface area contributed by atoms with Crippen LogP contribution in [0.5, 0.6) is 5.75 Å². The van der Waals surface area contributed by atoms with Crippen LogP contribution in [0.3, 0.4) is 0 Å². The minimum atomic E-state index is -0.231. The zero-order chi connectivity index (χ0) is 15.4. The lowest BCUT2D eigenvalue weighted by atomic mass is 9.78. The smallest absolute Gasteiger partial charge is 0.126 e. The lowest BCUT2D eigenvalue weighted by Crippen LogP contribution is -2.51. The molecule has 118 valence electrons. The van der Waals surface area contributed by atoms with Crippen molar-refractivity contribution in [2.24, 2.45) is 11.8 Å². The van der Waals surface area contributed by atoms with E-state index in [-0.39, 0.29) is 11.9 Å². The number of hydrogen-bond donors (Lipinski definition) is 1. The summed E-state index contributed by atoms with van der Waals surface area (Å²) in [5.41, 5.74) is 0.997. The maximum Gasteiger partial charge on any atom is 0.126 e. The van der Waals surface area contributed by atoms with Crippen molar-refractivity contribution in [3.05, 3.63) is 29.6 Å². The van der Waals surface area contributed by atoms with Crippen LogP contribution in [-0.4, -0.2) is 18.7 Å². The van der Waals surface area contributed by atoms with Crippen LogP contribution in [0.15, 0.2) is 18.2 Å². The molecule has 1 aromatic carbocycles. The second-order valence-electron chi connectivity index (χ2n) is 6.61. The molecule has 2 nitrogen and oxygen atoms in total. The molecule has 3 heteroatoms. The van der Waals surface area contributed by atoms with Gasteiger partial charge >= 0.3 is 0 Å². The molecule has 4 atom stereocenters. The average Bonchev–Trinajstić information content (AvgIpc) is 2.43. The van der Waals surface area contributed by atoms with Crippen LogP contribution < -0.4 is 10.1 Å². The number of hydrogen-bond acceptors (Lipinski definition) is 2. The van der Waals surface area contributed by atoms with Crippen molar-refractivity contribution in [3.8, 4) is 5.75 Å². The molecule has 1 aliphatic carbocycles. The summed E-state index contributed by atoms with van der Waals surface area (Å²) in [5.74, 6) is 1.64. The predicted molar refractivity (Wildman–Crippen MR) is 85.2 cm³/mol. The lowest BCUT2D eigenvalue weighted by molar-refractivity contribution is 0.0470. The highest BCUT2D eigenvalue weighted by molar-refractivity contribution is 5.33. The van der Waals surface area contributed by atoms with E-state index >= 15 is 0 Å². The van der Waals surface area contributed by atoms with Crippen LogP contribution in [0, 0.1) is 24.6 Å². The SMILES string of the molecule is CCCNC1CC(C)CC(C)C1Oc1cc(F)ccc1C. The van der Waals surface area contributed by atoms with Crippen molar-refractivity contribution in [2.75, 3.05) is 6.54 Å². The van der Waals surface area contributed by atoms with Crippen LogP contribution >= 0.6 is 0 Å². The number of ether oxygens (including phenoxy) is 1. The molecule has 0 aromatic heterocycles.